The van der Waals surface area contributed by atoms with Gasteiger partial charge in [0.05, 0.1) is 17.6 Å². The fraction of sp³-hybridized carbons (Fsp3) is 0.273. The molecule has 1 fully saturated rings. The maximum absolute atomic E-state index is 13.5. The molecular weight excluding hydrogens is 451 g/mol. The van der Waals surface area contributed by atoms with Crippen molar-refractivity contribution in [2.24, 2.45) is 0 Å². The number of nitrogens with zero attached hydrogens (tertiary/aromatic N) is 5. The van der Waals surface area contributed by atoms with Crippen LogP contribution >= 0.6 is 23.8 Å². The molecule has 1 aliphatic rings. The normalized spacial score (nSPS) is 14.9. The Kier molecular flexibility index (Phi) is 5.52. The van der Waals surface area contributed by atoms with Crippen LogP contribution in [0.4, 0.5) is 10.3 Å². The van der Waals surface area contributed by atoms with E-state index in [0.29, 0.717) is 40.9 Å². The predicted molar refractivity (Wildman–Crippen MR) is 124 cm³/mol. The van der Waals surface area contributed by atoms with Crippen LogP contribution in [0.1, 0.15) is 24.4 Å². The highest BCUT2D eigenvalue weighted by Gasteiger charge is 2.24. The second-order valence-corrected chi connectivity index (χ2v) is 8.70. The van der Waals surface area contributed by atoms with Crippen LogP contribution in [-0.2, 0) is 6.54 Å². The molecule has 1 N–H and O–H groups in total. The molecule has 0 unspecified atom stereocenters. The topological polar surface area (TPSA) is 71.7 Å². The highest BCUT2D eigenvalue weighted by atomic mass is 35.5. The Balaban J connectivity index is 1.30. The van der Waals surface area contributed by atoms with Gasteiger partial charge in [-0.3, -0.25) is 4.57 Å². The van der Waals surface area contributed by atoms with Gasteiger partial charge in [-0.25, -0.2) is 14.2 Å². The minimum Gasteiger partial charge on any atom is -0.340 e. The lowest BCUT2D eigenvalue weighted by Crippen LogP contribution is -2.37. The standard InChI is InChI=1S/C22H20ClFN6OS/c23-15-3-1-14(2-4-15)12-29-13-25-20(27-21(29)31)28-9-7-17(8-10-28)30-19-6-5-16(24)11-18(19)26-22(30)32/h1-6,11,13,17H,7-10,12H2,(H,26,32). The summed E-state index contributed by atoms with van der Waals surface area (Å²) in [4.78, 5) is 26.3. The minimum absolute atomic E-state index is 0.184. The Morgan fingerprint density at radius 2 is 1.91 bits per heavy atom. The molecule has 7 nitrogen and oxygen atoms in total. The Labute approximate surface area is 193 Å². The Bertz CT molecular complexity index is 1390. The maximum atomic E-state index is 13.5. The molecule has 0 spiro atoms. The van der Waals surface area contributed by atoms with Crippen molar-refractivity contribution in [3.05, 3.63) is 80.5 Å². The number of fused-ring (bicyclic) bond motifs is 1. The number of benzene rings is 2. The van der Waals surface area contributed by atoms with Crippen molar-refractivity contribution in [1.29, 1.82) is 0 Å². The van der Waals surface area contributed by atoms with Crippen molar-refractivity contribution in [1.82, 2.24) is 24.1 Å². The van der Waals surface area contributed by atoms with Gasteiger partial charge in [0.1, 0.15) is 12.1 Å². The lowest BCUT2D eigenvalue weighted by molar-refractivity contribution is 0.397. The van der Waals surface area contributed by atoms with E-state index in [2.05, 4.69) is 19.5 Å². The fourth-order valence-corrected chi connectivity index (χ4v) is 4.67. The number of hydrogen-bond acceptors (Lipinski definition) is 5. The molecule has 1 saturated heterocycles. The average molecular weight is 471 g/mol. The van der Waals surface area contributed by atoms with E-state index in [1.165, 1.54) is 23.0 Å². The van der Waals surface area contributed by atoms with Crippen molar-refractivity contribution in [3.8, 4) is 0 Å². The molecule has 0 aliphatic carbocycles. The molecule has 0 atom stereocenters. The largest absolute Gasteiger partial charge is 0.352 e. The van der Waals surface area contributed by atoms with Gasteiger partial charge in [-0.1, -0.05) is 23.7 Å². The summed E-state index contributed by atoms with van der Waals surface area (Å²) in [5, 5.41) is 0.650. The molecule has 0 radical (unpaired) electrons. The molecule has 2 aromatic carbocycles. The monoisotopic (exact) mass is 470 g/mol. The van der Waals surface area contributed by atoms with Crippen LogP contribution in [0.5, 0.6) is 0 Å². The average Bonchev–Trinajstić information content (AvgIpc) is 3.11. The first kappa shape index (κ1) is 20.8. The quantitative estimate of drug-likeness (QED) is 0.449. The van der Waals surface area contributed by atoms with Crippen molar-refractivity contribution in [2.75, 3.05) is 18.0 Å². The van der Waals surface area contributed by atoms with Crippen LogP contribution in [0.2, 0.25) is 5.02 Å². The maximum Gasteiger partial charge on any atom is 0.352 e. The smallest absolute Gasteiger partial charge is 0.340 e. The first-order valence-corrected chi connectivity index (χ1v) is 11.1. The molecular formula is C22H20ClFN6OS. The highest BCUT2D eigenvalue weighted by molar-refractivity contribution is 7.71. The Morgan fingerprint density at radius 1 is 1.16 bits per heavy atom. The zero-order chi connectivity index (χ0) is 22.2. The van der Waals surface area contributed by atoms with Gasteiger partial charge in [-0.05, 0) is 61.0 Å². The lowest BCUT2D eigenvalue weighted by atomic mass is 10.0. The van der Waals surface area contributed by atoms with Crippen molar-refractivity contribution >= 4 is 40.8 Å². The van der Waals surface area contributed by atoms with E-state index in [0.717, 1.165) is 23.9 Å². The molecule has 0 amide bonds. The molecule has 4 aromatic rings. The number of anilines is 1. The van der Waals surface area contributed by atoms with E-state index >= 15 is 0 Å². The first-order valence-electron chi connectivity index (χ1n) is 10.3. The highest BCUT2D eigenvalue weighted by Crippen LogP contribution is 2.28. The van der Waals surface area contributed by atoms with E-state index < -0.39 is 0 Å². The molecule has 10 heteroatoms. The van der Waals surface area contributed by atoms with E-state index in [1.54, 1.807) is 18.2 Å². The summed E-state index contributed by atoms with van der Waals surface area (Å²) in [6.07, 6.45) is 3.17. The molecule has 5 rings (SSSR count). The van der Waals surface area contributed by atoms with Gasteiger partial charge >= 0.3 is 5.69 Å². The third-order valence-electron chi connectivity index (χ3n) is 5.81. The van der Waals surface area contributed by atoms with Gasteiger partial charge in [-0.15, -0.1) is 0 Å². The number of H-pyrrole nitrogens is 1. The third-order valence-corrected chi connectivity index (χ3v) is 6.36. The van der Waals surface area contributed by atoms with Gasteiger partial charge in [0, 0.05) is 24.2 Å². The molecule has 1 aliphatic heterocycles. The summed E-state index contributed by atoms with van der Waals surface area (Å²) in [6.45, 7) is 1.78. The first-order chi connectivity index (χ1) is 15.5. The minimum atomic E-state index is -0.340. The molecule has 0 saturated carbocycles. The van der Waals surface area contributed by atoms with Gasteiger partial charge in [0.15, 0.2) is 4.77 Å². The molecule has 3 heterocycles. The van der Waals surface area contributed by atoms with E-state index in [9.17, 15) is 9.18 Å². The van der Waals surface area contributed by atoms with E-state index in [1.807, 2.05) is 17.0 Å². The number of halogens is 2. The molecule has 32 heavy (non-hydrogen) atoms. The number of piperidine rings is 1. The Hall–Kier alpha value is -3.04. The predicted octanol–water partition coefficient (Wildman–Crippen LogP) is 4.33. The van der Waals surface area contributed by atoms with Crippen molar-refractivity contribution in [3.63, 3.8) is 0 Å². The van der Waals surface area contributed by atoms with Gasteiger partial charge in [0.25, 0.3) is 0 Å². The summed E-state index contributed by atoms with van der Waals surface area (Å²) < 4.78 is 17.7. The second kappa shape index (κ2) is 8.48. The SMILES string of the molecule is O=c1nc(N2CCC(n3c(=S)[nH]c4cc(F)ccc43)CC2)ncn1Cc1ccc(Cl)cc1. The number of aromatic amines is 1. The fourth-order valence-electron chi connectivity index (χ4n) is 4.19. The van der Waals surface area contributed by atoms with Crippen molar-refractivity contribution < 1.29 is 4.39 Å². The lowest BCUT2D eigenvalue weighted by Gasteiger charge is -2.32. The molecule has 2 aromatic heterocycles. The zero-order valence-electron chi connectivity index (χ0n) is 17.0. The number of rotatable bonds is 4. The summed E-state index contributed by atoms with van der Waals surface area (Å²) >= 11 is 11.4. The van der Waals surface area contributed by atoms with Crippen molar-refractivity contribution in [2.45, 2.75) is 25.4 Å². The number of imidazole rings is 1. The van der Waals surface area contributed by atoms with Crippen LogP contribution in [0, 0.1) is 10.6 Å². The molecule has 164 valence electrons. The van der Waals surface area contributed by atoms with Crippen LogP contribution in [0.3, 0.4) is 0 Å². The number of nitrogens with one attached hydrogen (secondary N) is 1. The number of aromatic nitrogens is 5. The summed E-state index contributed by atoms with van der Waals surface area (Å²) in [5.41, 5.74) is 2.21. The van der Waals surface area contributed by atoms with E-state index in [-0.39, 0.29) is 17.5 Å². The van der Waals surface area contributed by atoms with Crippen LogP contribution in [-0.4, -0.2) is 37.2 Å². The second-order valence-electron chi connectivity index (χ2n) is 7.87. The summed E-state index contributed by atoms with van der Waals surface area (Å²) in [7, 11) is 0. The van der Waals surface area contributed by atoms with Crippen LogP contribution in [0.15, 0.2) is 53.6 Å². The van der Waals surface area contributed by atoms with Crippen LogP contribution in [0.25, 0.3) is 11.0 Å². The molecule has 0 bridgehead atoms. The summed E-state index contributed by atoms with van der Waals surface area (Å²) in [5.74, 6) is 0.143. The third kappa shape index (κ3) is 4.05. The number of hydrogen-bond donors (Lipinski definition) is 1. The van der Waals surface area contributed by atoms with E-state index in [4.69, 9.17) is 23.8 Å². The summed E-state index contributed by atoms with van der Waals surface area (Å²) in [6, 6.07) is 12.2. The zero-order valence-corrected chi connectivity index (χ0v) is 18.6. The Morgan fingerprint density at radius 3 is 2.62 bits per heavy atom. The van der Waals surface area contributed by atoms with Crippen LogP contribution < -0.4 is 10.6 Å². The van der Waals surface area contributed by atoms with Gasteiger partial charge in [-0.2, -0.15) is 4.98 Å². The van der Waals surface area contributed by atoms with Gasteiger partial charge in [0.2, 0.25) is 5.95 Å². The van der Waals surface area contributed by atoms with Gasteiger partial charge < -0.3 is 14.5 Å².